The third-order valence-corrected chi connectivity index (χ3v) is 3.97. The van der Waals surface area contributed by atoms with E-state index in [-0.39, 0.29) is 6.04 Å². The van der Waals surface area contributed by atoms with Gasteiger partial charge < -0.3 is 5.73 Å². The number of benzene rings is 1. The lowest BCUT2D eigenvalue weighted by atomic mass is 10.00. The molecule has 0 aliphatic heterocycles. The van der Waals surface area contributed by atoms with Crippen molar-refractivity contribution in [3.63, 3.8) is 0 Å². The van der Waals surface area contributed by atoms with Crippen molar-refractivity contribution < 1.29 is 0 Å². The van der Waals surface area contributed by atoms with Crippen molar-refractivity contribution >= 4 is 11.8 Å². The zero-order chi connectivity index (χ0) is 12.0. The topological polar surface area (TPSA) is 26.0 Å². The van der Waals surface area contributed by atoms with Gasteiger partial charge in [0.2, 0.25) is 0 Å². The maximum absolute atomic E-state index is 6.14. The Morgan fingerprint density at radius 2 is 1.69 bits per heavy atom. The van der Waals surface area contributed by atoms with Crippen LogP contribution in [0.25, 0.3) is 0 Å². The first kappa shape index (κ1) is 13.6. The molecule has 0 aliphatic carbocycles. The Balaban J connectivity index is 2.52. The van der Waals surface area contributed by atoms with Crippen LogP contribution in [0.4, 0.5) is 0 Å². The van der Waals surface area contributed by atoms with Gasteiger partial charge in [-0.3, -0.25) is 0 Å². The number of thioether (sulfide) groups is 1. The van der Waals surface area contributed by atoms with Crippen LogP contribution >= 0.6 is 11.8 Å². The summed E-state index contributed by atoms with van der Waals surface area (Å²) in [7, 11) is 0. The molecule has 2 N–H and O–H groups in total. The van der Waals surface area contributed by atoms with Crippen LogP contribution in [-0.2, 0) is 0 Å². The first-order valence-electron chi connectivity index (χ1n) is 6.08. The summed E-state index contributed by atoms with van der Waals surface area (Å²) >= 11 is 1.94. The van der Waals surface area contributed by atoms with Crippen molar-refractivity contribution in [2.45, 2.75) is 39.2 Å². The molecule has 0 fully saturated rings. The second kappa shape index (κ2) is 6.97. The van der Waals surface area contributed by atoms with E-state index in [1.165, 1.54) is 23.3 Å². The molecule has 1 unspecified atom stereocenters. The zero-order valence-corrected chi connectivity index (χ0v) is 11.4. The Labute approximate surface area is 104 Å². The third-order valence-electron chi connectivity index (χ3n) is 2.68. The summed E-state index contributed by atoms with van der Waals surface area (Å²) in [6.07, 6.45) is 1.23. The van der Waals surface area contributed by atoms with Crippen LogP contribution in [0.3, 0.4) is 0 Å². The van der Waals surface area contributed by atoms with E-state index in [1.807, 2.05) is 11.8 Å². The first-order valence-corrected chi connectivity index (χ1v) is 7.23. The molecular weight excluding hydrogens is 214 g/mol. The maximum atomic E-state index is 6.14. The molecular formula is C14H23NS. The molecule has 1 aromatic rings. The average molecular weight is 237 g/mol. The van der Waals surface area contributed by atoms with Crippen molar-refractivity contribution in [1.82, 2.24) is 0 Å². The number of rotatable bonds is 6. The lowest BCUT2D eigenvalue weighted by molar-refractivity contribution is 0.821. The van der Waals surface area contributed by atoms with Gasteiger partial charge in [-0.25, -0.2) is 0 Å². The van der Waals surface area contributed by atoms with E-state index in [2.05, 4.69) is 45.0 Å². The monoisotopic (exact) mass is 237 g/mol. The van der Waals surface area contributed by atoms with E-state index in [9.17, 15) is 0 Å². The first-order chi connectivity index (χ1) is 7.65. The SMILES string of the molecule is CCCSCC(N)c1ccc(C(C)C)cc1. The van der Waals surface area contributed by atoms with E-state index in [0.717, 1.165) is 5.75 Å². The molecule has 0 heterocycles. The Bertz CT molecular complexity index is 292. The second-order valence-corrected chi connectivity index (χ2v) is 5.65. The quantitative estimate of drug-likeness (QED) is 0.758. The number of nitrogens with two attached hydrogens (primary N) is 1. The van der Waals surface area contributed by atoms with E-state index in [0.29, 0.717) is 5.92 Å². The lowest BCUT2D eigenvalue weighted by Gasteiger charge is -2.13. The minimum atomic E-state index is 0.178. The molecule has 2 heteroatoms. The Kier molecular flexibility index (Phi) is 5.93. The van der Waals surface area contributed by atoms with Crippen LogP contribution in [0.15, 0.2) is 24.3 Å². The Morgan fingerprint density at radius 1 is 1.12 bits per heavy atom. The predicted octanol–water partition coefficient (Wildman–Crippen LogP) is 3.95. The van der Waals surface area contributed by atoms with Crippen molar-refractivity contribution in [2.24, 2.45) is 5.73 Å². The summed E-state index contributed by atoms with van der Waals surface area (Å²) in [6, 6.07) is 8.92. The molecule has 0 aliphatic rings. The highest BCUT2D eigenvalue weighted by atomic mass is 32.2. The lowest BCUT2D eigenvalue weighted by Crippen LogP contribution is -2.13. The molecule has 0 bridgehead atoms. The fourth-order valence-electron chi connectivity index (χ4n) is 1.58. The van der Waals surface area contributed by atoms with Crippen molar-refractivity contribution in [2.75, 3.05) is 11.5 Å². The van der Waals surface area contributed by atoms with E-state index in [4.69, 9.17) is 5.73 Å². The normalized spacial score (nSPS) is 13.1. The van der Waals surface area contributed by atoms with Crippen molar-refractivity contribution in [1.29, 1.82) is 0 Å². The molecule has 0 amide bonds. The van der Waals surface area contributed by atoms with Gasteiger partial charge >= 0.3 is 0 Å². The molecule has 0 spiro atoms. The fourth-order valence-corrected chi connectivity index (χ4v) is 2.48. The summed E-state index contributed by atoms with van der Waals surface area (Å²) in [4.78, 5) is 0. The van der Waals surface area contributed by atoms with Crippen LogP contribution in [0.1, 0.15) is 50.3 Å². The molecule has 1 rings (SSSR count). The number of hydrogen-bond acceptors (Lipinski definition) is 2. The fraction of sp³-hybridized carbons (Fsp3) is 0.571. The highest BCUT2D eigenvalue weighted by molar-refractivity contribution is 7.99. The van der Waals surface area contributed by atoms with Crippen LogP contribution in [0.5, 0.6) is 0 Å². The molecule has 16 heavy (non-hydrogen) atoms. The third kappa shape index (κ3) is 4.18. The minimum absolute atomic E-state index is 0.178. The Hall–Kier alpha value is -0.470. The van der Waals surface area contributed by atoms with Crippen LogP contribution in [0.2, 0.25) is 0 Å². The van der Waals surface area contributed by atoms with Crippen LogP contribution < -0.4 is 5.73 Å². The molecule has 0 aromatic heterocycles. The van der Waals surface area contributed by atoms with Crippen LogP contribution in [0, 0.1) is 0 Å². The standard InChI is InChI=1S/C14H23NS/c1-4-9-16-10-14(15)13-7-5-12(6-8-13)11(2)3/h5-8,11,14H,4,9-10,15H2,1-3H3. The zero-order valence-electron chi connectivity index (χ0n) is 10.6. The van der Waals surface area contributed by atoms with Gasteiger partial charge in [-0.05, 0) is 29.2 Å². The highest BCUT2D eigenvalue weighted by Gasteiger charge is 2.06. The molecule has 1 atom stereocenters. The van der Waals surface area contributed by atoms with Gasteiger partial charge in [0, 0.05) is 11.8 Å². The molecule has 0 radical (unpaired) electrons. The largest absolute Gasteiger partial charge is 0.323 e. The summed E-state index contributed by atoms with van der Waals surface area (Å²) in [5.41, 5.74) is 8.78. The highest BCUT2D eigenvalue weighted by Crippen LogP contribution is 2.20. The average Bonchev–Trinajstić information content (AvgIpc) is 2.29. The summed E-state index contributed by atoms with van der Waals surface area (Å²) in [5.74, 6) is 2.83. The summed E-state index contributed by atoms with van der Waals surface area (Å²) in [5, 5.41) is 0. The maximum Gasteiger partial charge on any atom is 0.0386 e. The predicted molar refractivity (Wildman–Crippen MR) is 75.1 cm³/mol. The van der Waals surface area contributed by atoms with Crippen molar-refractivity contribution in [3.05, 3.63) is 35.4 Å². The molecule has 90 valence electrons. The van der Waals surface area contributed by atoms with Gasteiger partial charge in [-0.1, -0.05) is 45.0 Å². The Morgan fingerprint density at radius 3 is 2.19 bits per heavy atom. The van der Waals surface area contributed by atoms with Gasteiger partial charge in [-0.15, -0.1) is 0 Å². The summed E-state index contributed by atoms with van der Waals surface area (Å²) < 4.78 is 0. The summed E-state index contributed by atoms with van der Waals surface area (Å²) in [6.45, 7) is 6.63. The van der Waals surface area contributed by atoms with E-state index >= 15 is 0 Å². The molecule has 1 aromatic carbocycles. The van der Waals surface area contributed by atoms with Gasteiger partial charge in [0.05, 0.1) is 0 Å². The molecule has 0 saturated carbocycles. The van der Waals surface area contributed by atoms with E-state index < -0.39 is 0 Å². The van der Waals surface area contributed by atoms with Crippen LogP contribution in [-0.4, -0.2) is 11.5 Å². The van der Waals surface area contributed by atoms with Gasteiger partial charge in [0.1, 0.15) is 0 Å². The smallest absolute Gasteiger partial charge is 0.0386 e. The second-order valence-electron chi connectivity index (χ2n) is 4.50. The van der Waals surface area contributed by atoms with E-state index in [1.54, 1.807) is 0 Å². The van der Waals surface area contributed by atoms with Gasteiger partial charge in [0.15, 0.2) is 0 Å². The van der Waals surface area contributed by atoms with Gasteiger partial charge in [-0.2, -0.15) is 11.8 Å². The number of hydrogen-bond donors (Lipinski definition) is 1. The van der Waals surface area contributed by atoms with Crippen molar-refractivity contribution in [3.8, 4) is 0 Å². The minimum Gasteiger partial charge on any atom is -0.323 e. The van der Waals surface area contributed by atoms with Gasteiger partial charge in [0.25, 0.3) is 0 Å². The molecule has 1 nitrogen and oxygen atoms in total. The molecule has 0 saturated heterocycles.